The van der Waals surface area contributed by atoms with Gasteiger partial charge in [0, 0.05) is 23.8 Å². The zero-order valence-corrected chi connectivity index (χ0v) is 12.7. The Labute approximate surface area is 123 Å². The Balaban J connectivity index is 1.66. The van der Waals surface area contributed by atoms with E-state index in [9.17, 15) is 4.79 Å². The van der Waals surface area contributed by atoms with Gasteiger partial charge >= 0.3 is 0 Å². The average Bonchev–Trinajstić information content (AvgIpc) is 3.06. The third-order valence-corrected chi connectivity index (χ3v) is 4.19. The van der Waals surface area contributed by atoms with Crippen molar-refractivity contribution in [3.8, 4) is 0 Å². The third-order valence-electron chi connectivity index (χ3n) is 3.19. The van der Waals surface area contributed by atoms with Gasteiger partial charge in [-0.1, -0.05) is 6.92 Å². The van der Waals surface area contributed by atoms with Gasteiger partial charge in [0.25, 0.3) is 0 Å². The number of amides is 1. The van der Waals surface area contributed by atoms with E-state index in [4.69, 9.17) is 0 Å². The first-order chi connectivity index (χ1) is 9.66. The summed E-state index contributed by atoms with van der Waals surface area (Å²) in [6, 6.07) is 1.86. The summed E-state index contributed by atoms with van der Waals surface area (Å²) in [4.78, 5) is 17.5. The van der Waals surface area contributed by atoms with Crippen LogP contribution in [0.4, 0.5) is 0 Å². The van der Waals surface area contributed by atoms with E-state index in [0.717, 1.165) is 18.5 Å². The molecule has 0 aromatic carbocycles. The van der Waals surface area contributed by atoms with Crippen LogP contribution in [0.2, 0.25) is 0 Å². The lowest BCUT2D eigenvalue weighted by Crippen LogP contribution is -2.32. The second-order valence-electron chi connectivity index (χ2n) is 4.88. The van der Waals surface area contributed by atoms with E-state index in [1.165, 1.54) is 4.88 Å². The number of hydrogen-bond donors (Lipinski definition) is 1. The van der Waals surface area contributed by atoms with Crippen LogP contribution in [0.1, 0.15) is 23.9 Å². The number of aryl methyl sites for hydroxylation is 2. The van der Waals surface area contributed by atoms with Crippen LogP contribution in [0.5, 0.6) is 0 Å². The van der Waals surface area contributed by atoms with E-state index >= 15 is 0 Å². The SMILES string of the molecule is Cc1ncsc1CCCNC(=O)C(C)Cn1cccn1. The largest absolute Gasteiger partial charge is 0.356 e. The number of aromatic nitrogens is 3. The quantitative estimate of drug-likeness (QED) is 0.794. The van der Waals surface area contributed by atoms with Crippen molar-refractivity contribution in [1.29, 1.82) is 0 Å². The highest BCUT2D eigenvalue weighted by Gasteiger charge is 2.13. The molecule has 0 aliphatic heterocycles. The van der Waals surface area contributed by atoms with Gasteiger partial charge in [0.1, 0.15) is 0 Å². The third kappa shape index (κ3) is 4.16. The molecular formula is C14H20N4OS. The number of carbonyl (C=O) groups excluding carboxylic acids is 1. The van der Waals surface area contributed by atoms with E-state index in [0.29, 0.717) is 13.1 Å². The standard InChI is InChI=1S/C14H20N4OS/c1-11(9-18-8-4-7-17-18)14(19)15-6-3-5-13-12(2)16-10-20-13/h4,7-8,10-11H,3,5-6,9H2,1-2H3,(H,15,19). The minimum atomic E-state index is -0.0694. The van der Waals surface area contributed by atoms with Crippen LogP contribution in [0.3, 0.4) is 0 Å². The fourth-order valence-corrected chi connectivity index (χ4v) is 2.80. The molecule has 1 amide bonds. The molecule has 5 nitrogen and oxygen atoms in total. The Morgan fingerprint density at radius 1 is 1.55 bits per heavy atom. The van der Waals surface area contributed by atoms with Crippen LogP contribution in [-0.2, 0) is 17.8 Å². The lowest BCUT2D eigenvalue weighted by Gasteiger charge is -2.12. The molecular weight excluding hydrogens is 272 g/mol. The molecule has 0 bridgehead atoms. The fraction of sp³-hybridized carbons (Fsp3) is 0.500. The van der Waals surface area contributed by atoms with Crippen molar-refractivity contribution in [3.63, 3.8) is 0 Å². The number of thiazole rings is 1. The summed E-state index contributed by atoms with van der Waals surface area (Å²) >= 11 is 1.68. The minimum Gasteiger partial charge on any atom is -0.356 e. The number of rotatable bonds is 7. The van der Waals surface area contributed by atoms with Gasteiger partial charge in [0.15, 0.2) is 0 Å². The van der Waals surface area contributed by atoms with E-state index < -0.39 is 0 Å². The average molecular weight is 292 g/mol. The van der Waals surface area contributed by atoms with Crippen LogP contribution in [0.15, 0.2) is 24.0 Å². The summed E-state index contributed by atoms with van der Waals surface area (Å²) in [5.41, 5.74) is 2.98. The van der Waals surface area contributed by atoms with Crippen molar-refractivity contribution in [1.82, 2.24) is 20.1 Å². The molecule has 2 rings (SSSR count). The van der Waals surface area contributed by atoms with Crippen molar-refractivity contribution < 1.29 is 4.79 Å². The van der Waals surface area contributed by atoms with Gasteiger partial charge in [0.2, 0.25) is 5.91 Å². The maximum absolute atomic E-state index is 11.9. The lowest BCUT2D eigenvalue weighted by atomic mass is 10.1. The van der Waals surface area contributed by atoms with Crippen LogP contribution in [0, 0.1) is 12.8 Å². The van der Waals surface area contributed by atoms with Crippen molar-refractivity contribution in [2.75, 3.05) is 6.54 Å². The molecule has 2 aromatic rings. The molecule has 2 heterocycles. The second kappa shape index (κ2) is 7.19. The Hall–Kier alpha value is -1.69. The summed E-state index contributed by atoms with van der Waals surface area (Å²) in [6.07, 6.45) is 5.52. The van der Waals surface area contributed by atoms with Crippen molar-refractivity contribution >= 4 is 17.2 Å². The Morgan fingerprint density at radius 3 is 3.05 bits per heavy atom. The molecule has 1 N–H and O–H groups in total. The first-order valence-corrected chi connectivity index (χ1v) is 7.69. The van der Waals surface area contributed by atoms with Crippen LogP contribution in [0.25, 0.3) is 0 Å². The predicted molar refractivity (Wildman–Crippen MR) is 79.6 cm³/mol. The molecule has 0 aliphatic rings. The van der Waals surface area contributed by atoms with Crippen molar-refractivity contribution in [2.24, 2.45) is 5.92 Å². The molecule has 0 saturated heterocycles. The monoisotopic (exact) mass is 292 g/mol. The molecule has 0 radical (unpaired) electrons. The van der Waals surface area contributed by atoms with Gasteiger partial charge in [-0.3, -0.25) is 9.48 Å². The summed E-state index contributed by atoms with van der Waals surface area (Å²) in [7, 11) is 0. The van der Waals surface area contributed by atoms with E-state index in [2.05, 4.69) is 15.4 Å². The predicted octanol–water partition coefficient (Wildman–Crippen LogP) is 2.03. The van der Waals surface area contributed by atoms with Gasteiger partial charge in [0.05, 0.1) is 23.7 Å². The molecule has 1 atom stereocenters. The number of nitrogens with one attached hydrogen (secondary N) is 1. The second-order valence-corrected chi connectivity index (χ2v) is 5.82. The highest BCUT2D eigenvalue weighted by Crippen LogP contribution is 2.13. The van der Waals surface area contributed by atoms with Crippen molar-refractivity contribution in [3.05, 3.63) is 34.5 Å². The molecule has 108 valence electrons. The normalized spacial score (nSPS) is 12.3. The van der Waals surface area contributed by atoms with Gasteiger partial charge in [-0.2, -0.15) is 5.10 Å². The zero-order valence-electron chi connectivity index (χ0n) is 11.9. The molecule has 2 aromatic heterocycles. The lowest BCUT2D eigenvalue weighted by molar-refractivity contribution is -0.124. The number of hydrogen-bond acceptors (Lipinski definition) is 4. The van der Waals surface area contributed by atoms with E-state index in [1.807, 2.05) is 31.6 Å². The smallest absolute Gasteiger partial charge is 0.224 e. The van der Waals surface area contributed by atoms with Gasteiger partial charge in [-0.05, 0) is 25.8 Å². The van der Waals surface area contributed by atoms with Crippen molar-refractivity contribution in [2.45, 2.75) is 33.2 Å². The highest BCUT2D eigenvalue weighted by molar-refractivity contribution is 7.09. The Kier molecular flexibility index (Phi) is 5.29. The maximum atomic E-state index is 11.9. The number of nitrogens with zero attached hydrogens (tertiary/aromatic N) is 3. The first kappa shape index (κ1) is 14.7. The summed E-state index contributed by atoms with van der Waals surface area (Å²) in [6.45, 7) is 5.27. The molecule has 0 fully saturated rings. The molecule has 20 heavy (non-hydrogen) atoms. The zero-order chi connectivity index (χ0) is 14.4. The molecule has 0 saturated carbocycles. The van der Waals surface area contributed by atoms with Gasteiger partial charge in [-0.15, -0.1) is 11.3 Å². The van der Waals surface area contributed by atoms with E-state index in [-0.39, 0.29) is 11.8 Å². The minimum absolute atomic E-state index is 0.0694. The van der Waals surface area contributed by atoms with Crippen LogP contribution < -0.4 is 5.32 Å². The van der Waals surface area contributed by atoms with Crippen LogP contribution >= 0.6 is 11.3 Å². The summed E-state index contributed by atoms with van der Waals surface area (Å²) in [5, 5.41) is 7.09. The Bertz CT molecular complexity index is 535. The topological polar surface area (TPSA) is 59.8 Å². The summed E-state index contributed by atoms with van der Waals surface area (Å²) in [5.74, 6) is 0.0153. The van der Waals surface area contributed by atoms with Gasteiger partial charge < -0.3 is 5.32 Å². The molecule has 6 heteroatoms. The van der Waals surface area contributed by atoms with Gasteiger partial charge in [-0.25, -0.2) is 4.98 Å². The Morgan fingerprint density at radius 2 is 2.40 bits per heavy atom. The summed E-state index contributed by atoms with van der Waals surface area (Å²) < 4.78 is 1.78. The molecule has 0 aliphatic carbocycles. The fourth-order valence-electron chi connectivity index (χ4n) is 1.97. The number of carbonyl (C=O) groups is 1. The molecule has 0 spiro atoms. The maximum Gasteiger partial charge on any atom is 0.224 e. The first-order valence-electron chi connectivity index (χ1n) is 6.81. The molecule has 1 unspecified atom stereocenters. The van der Waals surface area contributed by atoms with E-state index in [1.54, 1.807) is 22.2 Å². The highest BCUT2D eigenvalue weighted by atomic mass is 32.1. The van der Waals surface area contributed by atoms with Crippen LogP contribution in [-0.4, -0.2) is 27.2 Å².